The summed E-state index contributed by atoms with van der Waals surface area (Å²) in [7, 11) is 1.64. The van der Waals surface area contributed by atoms with E-state index in [9.17, 15) is 4.79 Å². The van der Waals surface area contributed by atoms with Crippen LogP contribution in [0.4, 0.5) is 0 Å². The lowest BCUT2D eigenvalue weighted by molar-refractivity contribution is -0.121. The van der Waals surface area contributed by atoms with Crippen LogP contribution in [-0.4, -0.2) is 18.8 Å². The minimum absolute atomic E-state index is 0.00711. The molecule has 0 aliphatic heterocycles. The normalized spacial score (nSPS) is 11.8. The van der Waals surface area contributed by atoms with Gasteiger partial charge in [-0.1, -0.05) is 23.7 Å². The largest absolute Gasteiger partial charge is 0.497 e. The second kappa shape index (κ2) is 9.60. The van der Waals surface area contributed by atoms with Crippen molar-refractivity contribution in [1.29, 1.82) is 0 Å². The van der Waals surface area contributed by atoms with E-state index in [1.807, 2.05) is 55.5 Å². The third-order valence-electron chi connectivity index (χ3n) is 3.62. The molecular weight excluding hydrogens is 342 g/mol. The number of amides is 1. The maximum Gasteiger partial charge on any atom is 0.220 e. The second-order valence-electron chi connectivity index (χ2n) is 5.47. The van der Waals surface area contributed by atoms with Gasteiger partial charge < -0.3 is 10.1 Å². The standard InChI is InChI=1S/C19H22ClNO2S/c1-14(15-5-9-17(23-2)10-6-15)21-19(22)4-3-13-24-18-11-7-16(20)8-12-18/h5-12,14H,3-4,13H2,1-2H3,(H,21,22)/t14-/m1/s1. The van der Waals surface area contributed by atoms with Crippen LogP contribution in [0, 0.1) is 0 Å². The number of halogens is 1. The Morgan fingerprint density at radius 3 is 2.46 bits per heavy atom. The van der Waals surface area contributed by atoms with Crippen molar-refractivity contribution in [3.63, 3.8) is 0 Å². The first-order chi connectivity index (χ1) is 11.6. The second-order valence-corrected chi connectivity index (χ2v) is 7.07. The minimum Gasteiger partial charge on any atom is -0.497 e. The number of benzene rings is 2. The van der Waals surface area contributed by atoms with Gasteiger partial charge in [0.1, 0.15) is 5.75 Å². The molecule has 0 saturated carbocycles. The molecule has 0 bridgehead atoms. The minimum atomic E-state index is -0.00711. The van der Waals surface area contributed by atoms with Gasteiger partial charge in [0.15, 0.2) is 0 Å². The Morgan fingerprint density at radius 1 is 1.17 bits per heavy atom. The highest BCUT2D eigenvalue weighted by Gasteiger charge is 2.09. The van der Waals surface area contributed by atoms with E-state index < -0.39 is 0 Å². The summed E-state index contributed by atoms with van der Waals surface area (Å²) in [5, 5.41) is 3.78. The number of carbonyl (C=O) groups excluding carboxylic acids is 1. The highest BCUT2D eigenvalue weighted by atomic mass is 35.5. The molecule has 0 aliphatic rings. The molecule has 2 rings (SSSR count). The average molecular weight is 364 g/mol. The first-order valence-electron chi connectivity index (χ1n) is 7.90. The third-order valence-corrected chi connectivity index (χ3v) is 4.97. The number of ether oxygens (including phenoxy) is 1. The molecule has 1 amide bonds. The fourth-order valence-corrected chi connectivity index (χ4v) is 3.22. The summed E-state index contributed by atoms with van der Waals surface area (Å²) < 4.78 is 5.14. The summed E-state index contributed by atoms with van der Waals surface area (Å²) in [5.41, 5.74) is 1.07. The van der Waals surface area contributed by atoms with Crippen molar-refractivity contribution in [2.45, 2.75) is 30.7 Å². The highest BCUT2D eigenvalue weighted by molar-refractivity contribution is 7.99. The number of rotatable bonds is 8. The molecule has 1 atom stereocenters. The molecule has 0 unspecified atom stereocenters. The van der Waals surface area contributed by atoms with E-state index in [-0.39, 0.29) is 11.9 Å². The van der Waals surface area contributed by atoms with Gasteiger partial charge >= 0.3 is 0 Å². The number of carbonyl (C=O) groups is 1. The molecule has 0 spiro atoms. The average Bonchev–Trinajstić information content (AvgIpc) is 2.60. The molecular formula is C19H22ClNO2S. The van der Waals surface area contributed by atoms with Crippen molar-refractivity contribution in [2.75, 3.05) is 12.9 Å². The highest BCUT2D eigenvalue weighted by Crippen LogP contribution is 2.21. The molecule has 5 heteroatoms. The van der Waals surface area contributed by atoms with Gasteiger partial charge in [-0.25, -0.2) is 0 Å². The van der Waals surface area contributed by atoms with Crippen LogP contribution in [0.25, 0.3) is 0 Å². The predicted molar refractivity (Wildman–Crippen MR) is 101 cm³/mol. The van der Waals surface area contributed by atoms with Crippen LogP contribution in [0.3, 0.4) is 0 Å². The van der Waals surface area contributed by atoms with Gasteiger partial charge in [-0.05, 0) is 61.1 Å². The molecule has 0 heterocycles. The Balaban J connectivity index is 1.69. The first kappa shape index (κ1) is 18.7. The van der Waals surface area contributed by atoms with E-state index in [0.29, 0.717) is 6.42 Å². The van der Waals surface area contributed by atoms with E-state index in [1.54, 1.807) is 18.9 Å². The topological polar surface area (TPSA) is 38.3 Å². The third kappa shape index (κ3) is 6.10. The smallest absolute Gasteiger partial charge is 0.220 e. The zero-order valence-electron chi connectivity index (χ0n) is 13.9. The Labute approximate surface area is 152 Å². The zero-order chi connectivity index (χ0) is 17.4. The zero-order valence-corrected chi connectivity index (χ0v) is 15.5. The monoisotopic (exact) mass is 363 g/mol. The molecule has 0 fully saturated rings. The number of hydrogen-bond donors (Lipinski definition) is 1. The molecule has 2 aromatic carbocycles. The van der Waals surface area contributed by atoms with E-state index in [0.717, 1.165) is 28.5 Å². The lowest BCUT2D eigenvalue weighted by Gasteiger charge is -2.14. The molecule has 1 N–H and O–H groups in total. The van der Waals surface area contributed by atoms with Crippen molar-refractivity contribution < 1.29 is 9.53 Å². The van der Waals surface area contributed by atoms with E-state index in [2.05, 4.69) is 5.32 Å². The summed E-state index contributed by atoms with van der Waals surface area (Å²) in [4.78, 5) is 13.2. The van der Waals surface area contributed by atoms with E-state index in [1.165, 1.54) is 4.90 Å². The maximum absolute atomic E-state index is 12.0. The SMILES string of the molecule is COc1ccc([C@@H](C)NC(=O)CCCSc2ccc(Cl)cc2)cc1. The Bertz CT molecular complexity index is 643. The first-order valence-corrected chi connectivity index (χ1v) is 9.26. The molecule has 128 valence electrons. The lowest BCUT2D eigenvalue weighted by atomic mass is 10.1. The van der Waals surface area contributed by atoms with Gasteiger partial charge in [-0.15, -0.1) is 11.8 Å². The van der Waals surface area contributed by atoms with Crippen molar-refractivity contribution >= 4 is 29.3 Å². The molecule has 2 aromatic rings. The van der Waals surface area contributed by atoms with Gasteiger partial charge in [-0.2, -0.15) is 0 Å². The molecule has 0 aliphatic carbocycles. The Kier molecular flexibility index (Phi) is 7.47. The van der Waals surface area contributed by atoms with Crippen molar-refractivity contribution in [1.82, 2.24) is 5.32 Å². The Morgan fingerprint density at radius 2 is 1.83 bits per heavy atom. The number of nitrogens with one attached hydrogen (secondary N) is 1. The van der Waals surface area contributed by atoms with Crippen LogP contribution in [-0.2, 0) is 4.79 Å². The van der Waals surface area contributed by atoms with E-state index in [4.69, 9.17) is 16.3 Å². The van der Waals surface area contributed by atoms with Crippen LogP contribution in [0.1, 0.15) is 31.4 Å². The number of thioether (sulfide) groups is 1. The Hall–Kier alpha value is -1.65. The summed E-state index contributed by atoms with van der Waals surface area (Å²) in [6, 6.07) is 15.5. The van der Waals surface area contributed by atoms with Gasteiger partial charge in [0.05, 0.1) is 13.2 Å². The maximum atomic E-state index is 12.0. The lowest BCUT2D eigenvalue weighted by Crippen LogP contribution is -2.26. The quantitative estimate of drug-likeness (QED) is 0.524. The molecule has 0 saturated heterocycles. The van der Waals surface area contributed by atoms with Crippen molar-refractivity contribution in [3.05, 3.63) is 59.1 Å². The molecule has 24 heavy (non-hydrogen) atoms. The molecule has 0 radical (unpaired) electrons. The van der Waals surface area contributed by atoms with E-state index >= 15 is 0 Å². The van der Waals surface area contributed by atoms with Gasteiger partial charge in [-0.3, -0.25) is 4.79 Å². The summed E-state index contributed by atoms with van der Waals surface area (Å²) >= 11 is 7.60. The number of methoxy groups -OCH3 is 1. The fraction of sp³-hybridized carbons (Fsp3) is 0.316. The van der Waals surface area contributed by atoms with Gasteiger partial charge in [0.2, 0.25) is 5.91 Å². The molecule has 0 aromatic heterocycles. The summed E-state index contributed by atoms with van der Waals surface area (Å²) in [5.74, 6) is 1.80. The van der Waals surface area contributed by atoms with Crippen LogP contribution in [0.2, 0.25) is 5.02 Å². The van der Waals surface area contributed by atoms with Crippen LogP contribution < -0.4 is 10.1 Å². The number of hydrogen-bond acceptors (Lipinski definition) is 3. The van der Waals surface area contributed by atoms with Gasteiger partial charge in [0, 0.05) is 16.3 Å². The van der Waals surface area contributed by atoms with Crippen LogP contribution >= 0.6 is 23.4 Å². The summed E-state index contributed by atoms with van der Waals surface area (Å²) in [6.07, 6.45) is 1.37. The van der Waals surface area contributed by atoms with Crippen LogP contribution in [0.15, 0.2) is 53.4 Å². The van der Waals surface area contributed by atoms with Crippen LogP contribution in [0.5, 0.6) is 5.75 Å². The molecule has 3 nitrogen and oxygen atoms in total. The predicted octanol–water partition coefficient (Wildman–Crippen LogP) is 5.10. The summed E-state index contributed by atoms with van der Waals surface area (Å²) in [6.45, 7) is 1.99. The van der Waals surface area contributed by atoms with Crippen molar-refractivity contribution in [3.8, 4) is 5.75 Å². The van der Waals surface area contributed by atoms with Gasteiger partial charge in [0.25, 0.3) is 0 Å². The fourth-order valence-electron chi connectivity index (χ4n) is 2.24. The van der Waals surface area contributed by atoms with Crippen molar-refractivity contribution in [2.24, 2.45) is 0 Å².